The van der Waals surface area contributed by atoms with Crippen molar-refractivity contribution in [2.24, 2.45) is 16.7 Å². The van der Waals surface area contributed by atoms with Crippen molar-refractivity contribution in [3.63, 3.8) is 0 Å². The molecule has 3 fully saturated rings. The molecule has 1 unspecified atom stereocenters. The van der Waals surface area contributed by atoms with Gasteiger partial charge in [0.1, 0.15) is 0 Å². The Morgan fingerprint density at radius 1 is 1.00 bits per heavy atom. The third kappa shape index (κ3) is 2.37. The molecule has 3 aliphatic rings. The van der Waals surface area contributed by atoms with Crippen molar-refractivity contribution in [3.05, 3.63) is 0 Å². The first-order valence-corrected chi connectivity index (χ1v) is 9.53. The summed E-state index contributed by atoms with van der Waals surface area (Å²) in [5.74, 6) is 0.970. The van der Waals surface area contributed by atoms with E-state index in [0.29, 0.717) is 10.8 Å². The van der Waals surface area contributed by atoms with Crippen molar-refractivity contribution in [1.82, 2.24) is 5.32 Å². The highest BCUT2D eigenvalue weighted by atomic mass is 32.2. The summed E-state index contributed by atoms with van der Waals surface area (Å²) in [7, 11) is 0. The number of rotatable bonds is 3. The van der Waals surface area contributed by atoms with Crippen LogP contribution in [0.5, 0.6) is 0 Å². The Morgan fingerprint density at radius 2 is 1.68 bits per heavy atom. The lowest BCUT2D eigenvalue weighted by atomic mass is 9.68. The van der Waals surface area contributed by atoms with E-state index in [1.165, 1.54) is 44.9 Å². The summed E-state index contributed by atoms with van der Waals surface area (Å²) in [5.41, 5.74) is 1.11. The molecule has 110 valence electrons. The van der Waals surface area contributed by atoms with Crippen molar-refractivity contribution >= 4 is 11.8 Å². The van der Waals surface area contributed by atoms with Crippen molar-refractivity contribution in [1.29, 1.82) is 0 Å². The van der Waals surface area contributed by atoms with Crippen LogP contribution in [0.1, 0.15) is 65.7 Å². The summed E-state index contributed by atoms with van der Waals surface area (Å²) < 4.78 is 0. The first-order valence-electron chi connectivity index (χ1n) is 8.24. The average Bonchev–Trinajstić information content (AvgIpc) is 2.87. The summed E-state index contributed by atoms with van der Waals surface area (Å²) in [4.78, 5) is 0. The highest BCUT2D eigenvalue weighted by molar-refractivity contribution is 7.99. The number of thioether (sulfide) groups is 1. The minimum absolute atomic E-state index is 0.517. The molecular weight excluding hydrogens is 250 g/mol. The Labute approximate surface area is 123 Å². The van der Waals surface area contributed by atoms with Gasteiger partial charge in [-0.25, -0.2) is 0 Å². The Hall–Kier alpha value is 0.310. The van der Waals surface area contributed by atoms with E-state index in [1.807, 2.05) is 0 Å². The molecule has 1 N–H and O–H groups in total. The van der Waals surface area contributed by atoms with Gasteiger partial charge in [-0.1, -0.05) is 20.8 Å². The van der Waals surface area contributed by atoms with Gasteiger partial charge in [-0.15, -0.1) is 0 Å². The fraction of sp³-hybridized carbons (Fsp3) is 1.00. The van der Waals surface area contributed by atoms with Crippen LogP contribution in [0.4, 0.5) is 0 Å². The van der Waals surface area contributed by atoms with Crippen LogP contribution < -0.4 is 5.32 Å². The third-order valence-corrected chi connectivity index (χ3v) is 7.82. The Morgan fingerprint density at radius 3 is 2.21 bits per heavy atom. The molecule has 3 rings (SSSR count). The lowest BCUT2D eigenvalue weighted by molar-refractivity contribution is 0.0928. The first-order chi connectivity index (χ1) is 8.95. The molecule has 0 aromatic carbocycles. The van der Waals surface area contributed by atoms with E-state index in [0.717, 1.165) is 23.3 Å². The van der Waals surface area contributed by atoms with E-state index in [1.54, 1.807) is 0 Å². The summed E-state index contributed by atoms with van der Waals surface area (Å²) in [6.07, 6.45) is 12.3. The molecule has 0 amide bonds. The van der Waals surface area contributed by atoms with Gasteiger partial charge in [0.05, 0.1) is 0 Å². The van der Waals surface area contributed by atoms with Gasteiger partial charge in [-0.05, 0) is 67.9 Å². The van der Waals surface area contributed by atoms with Crippen molar-refractivity contribution in [2.75, 3.05) is 6.26 Å². The zero-order valence-electron chi connectivity index (χ0n) is 13.2. The third-order valence-electron chi connectivity index (χ3n) is 6.68. The van der Waals surface area contributed by atoms with Crippen molar-refractivity contribution in [3.8, 4) is 0 Å². The van der Waals surface area contributed by atoms with Gasteiger partial charge in [-0.3, -0.25) is 0 Å². The fourth-order valence-corrected chi connectivity index (χ4v) is 6.16. The van der Waals surface area contributed by atoms with E-state index in [2.05, 4.69) is 44.1 Å². The van der Waals surface area contributed by atoms with Crippen LogP contribution in [0.2, 0.25) is 0 Å². The Kier molecular flexibility index (Phi) is 3.71. The van der Waals surface area contributed by atoms with Crippen LogP contribution in [0.15, 0.2) is 0 Å². The minimum atomic E-state index is 0.517. The second-order valence-corrected chi connectivity index (χ2v) is 9.36. The van der Waals surface area contributed by atoms with Crippen LogP contribution in [0.25, 0.3) is 0 Å². The molecule has 0 radical (unpaired) electrons. The van der Waals surface area contributed by atoms with Crippen molar-refractivity contribution < 1.29 is 0 Å². The molecular formula is C17H31NS. The first kappa shape index (κ1) is 14.3. The molecule has 3 atom stereocenters. The Balaban J connectivity index is 1.64. The van der Waals surface area contributed by atoms with Gasteiger partial charge < -0.3 is 5.32 Å². The SMILES string of the molecule is CSC1CCC(NC2C(C)(C)[C@H]3CC[C@]2(C)C3)CC1. The summed E-state index contributed by atoms with van der Waals surface area (Å²) in [5, 5.41) is 5.05. The van der Waals surface area contributed by atoms with Crippen LogP contribution in [0.3, 0.4) is 0 Å². The van der Waals surface area contributed by atoms with Crippen LogP contribution in [-0.4, -0.2) is 23.6 Å². The molecule has 0 aromatic heterocycles. The second kappa shape index (κ2) is 4.94. The van der Waals surface area contributed by atoms with Gasteiger partial charge in [0.15, 0.2) is 0 Å². The highest BCUT2D eigenvalue weighted by Gasteiger charge is 2.59. The van der Waals surface area contributed by atoms with E-state index < -0.39 is 0 Å². The zero-order chi connectivity index (χ0) is 13.7. The summed E-state index contributed by atoms with van der Waals surface area (Å²) in [6.45, 7) is 7.59. The highest BCUT2D eigenvalue weighted by Crippen LogP contribution is 2.62. The predicted molar refractivity (Wildman–Crippen MR) is 85.7 cm³/mol. The maximum Gasteiger partial charge on any atom is 0.0177 e. The van der Waals surface area contributed by atoms with Crippen LogP contribution in [0, 0.1) is 16.7 Å². The average molecular weight is 282 g/mol. The molecule has 19 heavy (non-hydrogen) atoms. The van der Waals surface area contributed by atoms with E-state index in [4.69, 9.17) is 0 Å². The van der Waals surface area contributed by atoms with Gasteiger partial charge in [-0.2, -0.15) is 11.8 Å². The van der Waals surface area contributed by atoms with E-state index in [-0.39, 0.29) is 0 Å². The maximum absolute atomic E-state index is 4.12. The molecule has 2 heteroatoms. The van der Waals surface area contributed by atoms with Gasteiger partial charge in [0.2, 0.25) is 0 Å². The fourth-order valence-electron chi connectivity index (χ4n) is 5.42. The summed E-state index contributed by atoms with van der Waals surface area (Å²) >= 11 is 2.07. The molecule has 2 bridgehead atoms. The quantitative estimate of drug-likeness (QED) is 0.819. The molecule has 0 aromatic rings. The second-order valence-electron chi connectivity index (χ2n) is 8.22. The molecule has 0 spiro atoms. The van der Waals surface area contributed by atoms with Crippen LogP contribution in [-0.2, 0) is 0 Å². The Bertz CT molecular complexity index is 327. The van der Waals surface area contributed by atoms with Gasteiger partial charge in [0.25, 0.3) is 0 Å². The van der Waals surface area contributed by atoms with Gasteiger partial charge in [0, 0.05) is 17.3 Å². The minimum Gasteiger partial charge on any atom is -0.310 e. The smallest absolute Gasteiger partial charge is 0.0177 e. The van der Waals surface area contributed by atoms with E-state index in [9.17, 15) is 0 Å². The molecule has 0 aliphatic heterocycles. The largest absolute Gasteiger partial charge is 0.310 e. The normalized spacial score (nSPS) is 48.6. The number of fused-ring (bicyclic) bond motifs is 2. The predicted octanol–water partition coefficient (Wildman–Crippen LogP) is 4.47. The standard InChI is InChI=1S/C17H31NS/c1-16(2)12-9-10-17(3,11-12)15(16)18-13-5-7-14(19-4)8-6-13/h12-15,18H,5-11H2,1-4H3/t12-,13?,14?,15?,17+/m0/s1. The summed E-state index contributed by atoms with van der Waals surface area (Å²) in [6, 6.07) is 1.55. The van der Waals surface area contributed by atoms with E-state index >= 15 is 0 Å². The topological polar surface area (TPSA) is 12.0 Å². The number of hydrogen-bond acceptors (Lipinski definition) is 2. The van der Waals surface area contributed by atoms with Crippen LogP contribution >= 0.6 is 11.8 Å². The molecule has 3 saturated carbocycles. The molecule has 1 nitrogen and oxygen atoms in total. The van der Waals surface area contributed by atoms with Crippen molar-refractivity contribution in [2.45, 2.75) is 83.1 Å². The molecule has 0 heterocycles. The number of hydrogen-bond donors (Lipinski definition) is 1. The monoisotopic (exact) mass is 281 g/mol. The van der Waals surface area contributed by atoms with Gasteiger partial charge >= 0.3 is 0 Å². The maximum atomic E-state index is 4.12. The zero-order valence-corrected chi connectivity index (χ0v) is 14.0. The number of nitrogens with one attached hydrogen (secondary N) is 1. The lowest BCUT2D eigenvalue weighted by Crippen LogP contribution is -2.54. The lowest BCUT2D eigenvalue weighted by Gasteiger charge is -2.46. The molecule has 0 saturated heterocycles. The molecule has 3 aliphatic carbocycles.